The normalized spacial score (nSPS) is 28.3. The van der Waals surface area contributed by atoms with Gasteiger partial charge in [0, 0.05) is 38.3 Å². The molecule has 4 fully saturated rings. The summed E-state index contributed by atoms with van der Waals surface area (Å²) in [6.45, 7) is 7.71. The highest BCUT2D eigenvalue weighted by Crippen LogP contribution is 2.38. The molecule has 4 heterocycles. The summed E-state index contributed by atoms with van der Waals surface area (Å²) in [5, 5.41) is 0. The number of carbonyl (C=O) groups is 1. The lowest BCUT2D eigenvalue weighted by molar-refractivity contribution is -0.191. The van der Waals surface area contributed by atoms with E-state index in [1.165, 1.54) is 0 Å². The van der Waals surface area contributed by atoms with E-state index in [0.29, 0.717) is 12.6 Å². The maximum Gasteiger partial charge on any atom is 0.253 e. The van der Waals surface area contributed by atoms with Crippen LogP contribution in [0.4, 0.5) is 0 Å². The zero-order valence-electron chi connectivity index (χ0n) is 15.8. The van der Waals surface area contributed by atoms with Crippen LogP contribution in [0.15, 0.2) is 24.3 Å². The number of likely N-dealkylation sites (tertiary alicyclic amines) is 1. The van der Waals surface area contributed by atoms with E-state index in [2.05, 4.69) is 9.80 Å². The van der Waals surface area contributed by atoms with Gasteiger partial charge in [-0.2, -0.15) is 0 Å². The fourth-order valence-electron chi connectivity index (χ4n) is 4.95. The van der Waals surface area contributed by atoms with Crippen molar-refractivity contribution in [2.75, 3.05) is 66.3 Å². The molecule has 1 amide bonds. The van der Waals surface area contributed by atoms with Crippen LogP contribution in [0.25, 0.3) is 0 Å². The molecule has 0 aliphatic carbocycles. The Morgan fingerprint density at radius 3 is 2.48 bits per heavy atom. The zero-order chi connectivity index (χ0) is 18.4. The summed E-state index contributed by atoms with van der Waals surface area (Å²) in [6, 6.07) is 8.26. The molecule has 146 valence electrons. The Labute approximate surface area is 159 Å². The summed E-state index contributed by atoms with van der Waals surface area (Å²) in [4.78, 5) is 20.3. The number of nitrogens with zero attached hydrogens (tertiary/aromatic N) is 3. The van der Waals surface area contributed by atoms with E-state index in [4.69, 9.17) is 14.2 Å². The highest BCUT2D eigenvalue weighted by molar-refractivity contribution is 5.94. The fourth-order valence-corrected chi connectivity index (χ4v) is 4.95. The van der Waals surface area contributed by atoms with Crippen molar-refractivity contribution in [3.8, 4) is 5.75 Å². The van der Waals surface area contributed by atoms with Crippen LogP contribution < -0.4 is 4.74 Å². The minimum absolute atomic E-state index is 0.0599. The summed E-state index contributed by atoms with van der Waals surface area (Å²) in [7, 11) is 1.64. The van der Waals surface area contributed by atoms with Crippen LogP contribution in [0.5, 0.6) is 5.75 Å². The molecule has 4 saturated heterocycles. The average molecular weight is 373 g/mol. The van der Waals surface area contributed by atoms with Gasteiger partial charge in [-0.3, -0.25) is 14.6 Å². The molecule has 5 rings (SSSR count). The van der Waals surface area contributed by atoms with Gasteiger partial charge in [-0.05, 0) is 24.3 Å². The molecule has 7 nitrogen and oxygen atoms in total. The van der Waals surface area contributed by atoms with E-state index in [0.717, 1.165) is 63.9 Å². The number of amides is 1. The third-order valence-electron chi connectivity index (χ3n) is 6.51. The van der Waals surface area contributed by atoms with Crippen molar-refractivity contribution in [1.29, 1.82) is 0 Å². The molecule has 0 unspecified atom stereocenters. The van der Waals surface area contributed by atoms with Crippen LogP contribution in [0.3, 0.4) is 0 Å². The van der Waals surface area contributed by atoms with Gasteiger partial charge in [0.2, 0.25) is 0 Å². The number of benzene rings is 1. The van der Waals surface area contributed by atoms with Crippen LogP contribution in [0.2, 0.25) is 0 Å². The van der Waals surface area contributed by atoms with Crippen LogP contribution in [0, 0.1) is 0 Å². The topological polar surface area (TPSA) is 54.5 Å². The molecule has 27 heavy (non-hydrogen) atoms. The second kappa shape index (κ2) is 6.74. The second-order valence-corrected chi connectivity index (χ2v) is 8.16. The molecule has 4 aliphatic heterocycles. The first-order valence-corrected chi connectivity index (χ1v) is 9.78. The van der Waals surface area contributed by atoms with Gasteiger partial charge < -0.3 is 19.1 Å². The van der Waals surface area contributed by atoms with Gasteiger partial charge in [-0.1, -0.05) is 0 Å². The molecule has 4 aliphatic rings. The lowest BCUT2D eigenvalue weighted by Crippen LogP contribution is -2.82. The number of rotatable bonds is 3. The van der Waals surface area contributed by atoms with Gasteiger partial charge in [0.05, 0.1) is 51.2 Å². The molecule has 7 heteroatoms. The largest absolute Gasteiger partial charge is 0.497 e. The van der Waals surface area contributed by atoms with Crippen LogP contribution >= 0.6 is 0 Å². The number of morpholine rings is 1. The van der Waals surface area contributed by atoms with Crippen molar-refractivity contribution in [3.05, 3.63) is 29.8 Å². The maximum absolute atomic E-state index is 13.2. The molecule has 1 atom stereocenters. The van der Waals surface area contributed by atoms with E-state index in [-0.39, 0.29) is 17.5 Å². The predicted octanol–water partition coefficient (Wildman–Crippen LogP) is 0.305. The smallest absolute Gasteiger partial charge is 0.253 e. The van der Waals surface area contributed by atoms with Gasteiger partial charge in [0.1, 0.15) is 5.75 Å². The Kier molecular flexibility index (Phi) is 4.35. The van der Waals surface area contributed by atoms with Crippen molar-refractivity contribution < 1.29 is 19.0 Å². The Morgan fingerprint density at radius 1 is 1.07 bits per heavy atom. The van der Waals surface area contributed by atoms with Crippen LogP contribution in [-0.4, -0.2) is 104 Å². The Balaban J connectivity index is 1.35. The Morgan fingerprint density at radius 2 is 1.81 bits per heavy atom. The fraction of sp³-hybridized carbons (Fsp3) is 0.650. The molecule has 0 saturated carbocycles. The van der Waals surface area contributed by atoms with Crippen molar-refractivity contribution in [1.82, 2.24) is 14.7 Å². The van der Waals surface area contributed by atoms with Gasteiger partial charge in [0.15, 0.2) is 0 Å². The number of carbonyl (C=O) groups excluding carboxylic acids is 1. The quantitative estimate of drug-likeness (QED) is 0.760. The minimum Gasteiger partial charge on any atom is -0.497 e. The van der Waals surface area contributed by atoms with Gasteiger partial charge in [-0.25, -0.2) is 0 Å². The molecule has 0 bridgehead atoms. The predicted molar refractivity (Wildman–Crippen MR) is 99.1 cm³/mol. The standard InChI is InChI=1S/C20H27N3O4/c1-25-18-4-2-15(3-5-18)19(24)21-8-16-9-26-7-6-23(16)20(12-21)13-22(14-20)17-10-27-11-17/h2-5,16-17H,6-14H2,1H3/t16-/m1/s1. The van der Waals surface area contributed by atoms with Gasteiger partial charge in [-0.15, -0.1) is 0 Å². The number of hydrogen-bond acceptors (Lipinski definition) is 6. The van der Waals surface area contributed by atoms with E-state index in [1.807, 2.05) is 29.2 Å². The van der Waals surface area contributed by atoms with E-state index >= 15 is 0 Å². The summed E-state index contributed by atoms with van der Waals surface area (Å²) in [5.74, 6) is 0.874. The molecule has 1 aromatic carbocycles. The van der Waals surface area contributed by atoms with E-state index in [9.17, 15) is 4.79 Å². The number of ether oxygens (including phenoxy) is 3. The molecule has 0 N–H and O–H groups in total. The Hall–Kier alpha value is -1.67. The van der Waals surface area contributed by atoms with Crippen molar-refractivity contribution in [2.24, 2.45) is 0 Å². The highest BCUT2D eigenvalue weighted by atomic mass is 16.5. The SMILES string of the molecule is COc1ccc(C(=O)N2C[C@@H]3COCCN3C3(C2)CN(C2COC2)C3)cc1. The average Bonchev–Trinajstić information content (AvgIpc) is 2.64. The highest BCUT2D eigenvalue weighted by Gasteiger charge is 2.56. The monoisotopic (exact) mass is 373 g/mol. The lowest BCUT2D eigenvalue weighted by Gasteiger charge is -2.65. The van der Waals surface area contributed by atoms with E-state index in [1.54, 1.807) is 7.11 Å². The number of fused-ring (bicyclic) bond motifs is 2. The van der Waals surface area contributed by atoms with Crippen molar-refractivity contribution in [2.45, 2.75) is 17.6 Å². The number of hydrogen-bond donors (Lipinski definition) is 0. The first-order valence-electron chi connectivity index (χ1n) is 9.78. The summed E-state index contributed by atoms with van der Waals surface area (Å²) < 4.78 is 16.3. The minimum atomic E-state index is 0.0599. The first kappa shape index (κ1) is 17.4. The van der Waals surface area contributed by atoms with Crippen LogP contribution in [0.1, 0.15) is 10.4 Å². The van der Waals surface area contributed by atoms with Gasteiger partial charge >= 0.3 is 0 Å². The van der Waals surface area contributed by atoms with Crippen LogP contribution in [-0.2, 0) is 9.47 Å². The van der Waals surface area contributed by atoms with Crippen molar-refractivity contribution >= 4 is 5.91 Å². The summed E-state index contributed by atoms with van der Waals surface area (Å²) >= 11 is 0. The third kappa shape index (κ3) is 2.93. The maximum atomic E-state index is 13.2. The van der Waals surface area contributed by atoms with E-state index < -0.39 is 0 Å². The summed E-state index contributed by atoms with van der Waals surface area (Å²) in [5.41, 5.74) is 0.782. The number of methoxy groups -OCH3 is 1. The molecule has 0 radical (unpaired) electrons. The summed E-state index contributed by atoms with van der Waals surface area (Å²) in [6.07, 6.45) is 0. The Bertz CT molecular complexity index is 700. The van der Waals surface area contributed by atoms with Gasteiger partial charge in [0.25, 0.3) is 5.91 Å². The van der Waals surface area contributed by atoms with Crippen molar-refractivity contribution in [3.63, 3.8) is 0 Å². The lowest BCUT2D eigenvalue weighted by atomic mass is 9.81. The molecular formula is C20H27N3O4. The molecular weight excluding hydrogens is 346 g/mol. The number of piperazine rings is 1. The zero-order valence-corrected chi connectivity index (χ0v) is 15.8. The molecule has 1 aromatic rings. The molecule has 0 aromatic heterocycles. The molecule has 1 spiro atoms. The third-order valence-corrected chi connectivity index (χ3v) is 6.51. The second-order valence-electron chi connectivity index (χ2n) is 8.16. The first-order chi connectivity index (χ1) is 13.2.